The molecule has 1 atom stereocenters. The number of pyridine rings is 1. The van der Waals surface area contributed by atoms with E-state index in [1.165, 1.54) is 6.20 Å². The minimum Gasteiger partial charge on any atom is -0.392 e. The second-order valence-electron chi connectivity index (χ2n) is 2.95. The van der Waals surface area contributed by atoms with Crippen LogP contribution in [0.2, 0.25) is 0 Å². The van der Waals surface area contributed by atoms with Gasteiger partial charge in [0.05, 0.1) is 11.7 Å². The van der Waals surface area contributed by atoms with Gasteiger partial charge in [0.15, 0.2) is 0 Å². The summed E-state index contributed by atoms with van der Waals surface area (Å²) in [6, 6.07) is 1.67. The van der Waals surface area contributed by atoms with Crippen molar-refractivity contribution in [1.29, 1.82) is 0 Å². The standard InChI is InChI=1S/C9H11BrN2O2/c1-6(13)3-12-9(14)7-2-8(10)5-11-4-7/h2,4-6,13H,3H2,1H3,(H,12,14). The summed E-state index contributed by atoms with van der Waals surface area (Å²) in [6.07, 6.45) is 2.53. The molecule has 0 saturated heterocycles. The molecule has 0 spiro atoms. The van der Waals surface area contributed by atoms with Crippen LogP contribution in [0.4, 0.5) is 0 Å². The zero-order valence-corrected chi connectivity index (χ0v) is 9.28. The highest BCUT2D eigenvalue weighted by Crippen LogP contribution is 2.09. The molecule has 1 aromatic rings. The van der Waals surface area contributed by atoms with Gasteiger partial charge in [-0.25, -0.2) is 0 Å². The third kappa shape index (κ3) is 3.43. The van der Waals surface area contributed by atoms with E-state index in [0.717, 1.165) is 4.47 Å². The lowest BCUT2D eigenvalue weighted by Crippen LogP contribution is -2.30. The third-order valence-electron chi connectivity index (χ3n) is 1.53. The average Bonchev–Trinajstić information content (AvgIpc) is 2.14. The molecule has 76 valence electrons. The number of amides is 1. The quantitative estimate of drug-likeness (QED) is 0.849. The zero-order chi connectivity index (χ0) is 10.6. The van der Waals surface area contributed by atoms with Crippen LogP contribution in [0, 0.1) is 0 Å². The van der Waals surface area contributed by atoms with Crippen molar-refractivity contribution in [3.8, 4) is 0 Å². The number of aromatic nitrogens is 1. The van der Waals surface area contributed by atoms with Gasteiger partial charge in [0.1, 0.15) is 0 Å². The Morgan fingerprint density at radius 1 is 1.71 bits per heavy atom. The van der Waals surface area contributed by atoms with Crippen LogP contribution in [-0.2, 0) is 0 Å². The van der Waals surface area contributed by atoms with Crippen molar-refractivity contribution in [3.63, 3.8) is 0 Å². The summed E-state index contributed by atoms with van der Waals surface area (Å²) in [7, 11) is 0. The monoisotopic (exact) mass is 258 g/mol. The van der Waals surface area contributed by atoms with Gasteiger partial charge in [0.25, 0.3) is 5.91 Å². The van der Waals surface area contributed by atoms with Crippen LogP contribution in [0.1, 0.15) is 17.3 Å². The van der Waals surface area contributed by atoms with Crippen molar-refractivity contribution >= 4 is 21.8 Å². The molecule has 5 heteroatoms. The topological polar surface area (TPSA) is 62.2 Å². The number of hydrogen-bond donors (Lipinski definition) is 2. The molecule has 1 amide bonds. The summed E-state index contributed by atoms with van der Waals surface area (Å²) >= 11 is 3.22. The van der Waals surface area contributed by atoms with E-state index in [-0.39, 0.29) is 12.5 Å². The molecule has 0 aliphatic carbocycles. The van der Waals surface area contributed by atoms with Crippen molar-refractivity contribution in [2.75, 3.05) is 6.54 Å². The summed E-state index contributed by atoms with van der Waals surface area (Å²) in [5, 5.41) is 11.5. The second kappa shape index (κ2) is 5.07. The third-order valence-corrected chi connectivity index (χ3v) is 1.96. The number of carbonyl (C=O) groups is 1. The highest BCUT2D eigenvalue weighted by atomic mass is 79.9. The van der Waals surface area contributed by atoms with Crippen LogP contribution in [-0.4, -0.2) is 28.6 Å². The van der Waals surface area contributed by atoms with Crippen molar-refractivity contribution in [3.05, 3.63) is 28.5 Å². The molecule has 0 saturated carbocycles. The lowest BCUT2D eigenvalue weighted by molar-refractivity contribution is 0.0923. The van der Waals surface area contributed by atoms with E-state index >= 15 is 0 Å². The van der Waals surface area contributed by atoms with Crippen LogP contribution in [0.15, 0.2) is 22.9 Å². The summed E-state index contributed by atoms with van der Waals surface area (Å²) in [5.74, 6) is -0.236. The number of hydrogen-bond acceptors (Lipinski definition) is 3. The molecule has 2 N–H and O–H groups in total. The van der Waals surface area contributed by atoms with Gasteiger partial charge in [-0.3, -0.25) is 9.78 Å². The first-order valence-electron chi connectivity index (χ1n) is 4.16. The van der Waals surface area contributed by atoms with E-state index in [4.69, 9.17) is 5.11 Å². The smallest absolute Gasteiger partial charge is 0.252 e. The highest BCUT2D eigenvalue weighted by Gasteiger charge is 2.06. The van der Waals surface area contributed by atoms with Crippen LogP contribution in [0.3, 0.4) is 0 Å². The second-order valence-corrected chi connectivity index (χ2v) is 3.87. The van der Waals surface area contributed by atoms with E-state index in [1.807, 2.05) is 0 Å². The van der Waals surface area contributed by atoms with Gasteiger partial charge >= 0.3 is 0 Å². The van der Waals surface area contributed by atoms with E-state index in [0.29, 0.717) is 5.56 Å². The van der Waals surface area contributed by atoms with Crippen LogP contribution < -0.4 is 5.32 Å². The Balaban J connectivity index is 2.61. The van der Waals surface area contributed by atoms with E-state index in [9.17, 15) is 4.79 Å². The van der Waals surface area contributed by atoms with Crippen molar-refractivity contribution in [1.82, 2.24) is 10.3 Å². The number of carbonyl (C=O) groups excluding carboxylic acids is 1. The maximum atomic E-state index is 11.4. The van der Waals surface area contributed by atoms with Crippen molar-refractivity contribution in [2.24, 2.45) is 0 Å². The minimum atomic E-state index is -0.543. The Bertz CT molecular complexity index is 328. The predicted molar refractivity (Wildman–Crippen MR) is 56.0 cm³/mol. The average molecular weight is 259 g/mol. The number of nitrogens with zero attached hydrogens (tertiary/aromatic N) is 1. The van der Waals surface area contributed by atoms with Gasteiger partial charge in [0, 0.05) is 23.4 Å². The summed E-state index contributed by atoms with van der Waals surface area (Å²) in [4.78, 5) is 15.3. The Hall–Kier alpha value is -0.940. The maximum absolute atomic E-state index is 11.4. The Labute approximate surface area is 90.5 Å². The molecule has 14 heavy (non-hydrogen) atoms. The Kier molecular flexibility index (Phi) is 4.03. The molecule has 0 aliphatic heterocycles. The number of halogens is 1. The normalized spacial score (nSPS) is 12.2. The molecular formula is C9H11BrN2O2. The molecule has 1 rings (SSSR count). The number of rotatable bonds is 3. The van der Waals surface area contributed by atoms with E-state index in [1.54, 1.807) is 19.2 Å². The molecule has 0 bridgehead atoms. The van der Waals surface area contributed by atoms with Crippen LogP contribution in [0.5, 0.6) is 0 Å². The molecule has 1 unspecified atom stereocenters. The summed E-state index contributed by atoms with van der Waals surface area (Å²) in [5.41, 5.74) is 0.472. The lowest BCUT2D eigenvalue weighted by atomic mass is 10.2. The van der Waals surface area contributed by atoms with Gasteiger partial charge < -0.3 is 10.4 Å². The van der Waals surface area contributed by atoms with Crippen molar-refractivity contribution < 1.29 is 9.90 Å². The molecule has 1 heterocycles. The first-order valence-corrected chi connectivity index (χ1v) is 4.95. The van der Waals surface area contributed by atoms with Gasteiger partial charge in [-0.1, -0.05) is 0 Å². The van der Waals surface area contributed by atoms with Gasteiger partial charge in [-0.05, 0) is 28.9 Å². The molecule has 4 nitrogen and oxygen atoms in total. The fourth-order valence-electron chi connectivity index (χ4n) is 0.879. The fourth-order valence-corrected chi connectivity index (χ4v) is 1.24. The first-order chi connectivity index (χ1) is 6.59. The molecular weight excluding hydrogens is 248 g/mol. The van der Waals surface area contributed by atoms with E-state index in [2.05, 4.69) is 26.2 Å². The van der Waals surface area contributed by atoms with E-state index < -0.39 is 6.10 Å². The predicted octanol–water partition coefficient (Wildman–Crippen LogP) is 0.955. The molecule has 0 fully saturated rings. The highest BCUT2D eigenvalue weighted by molar-refractivity contribution is 9.10. The maximum Gasteiger partial charge on any atom is 0.252 e. The minimum absolute atomic E-state index is 0.236. The number of aliphatic hydroxyl groups is 1. The molecule has 1 aromatic heterocycles. The molecule has 0 aromatic carbocycles. The van der Waals surface area contributed by atoms with Crippen molar-refractivity contribution in [2.45, 2.75) is 13.0 Å². The summed E-state index contributed by atoms with van der Waals surface area (Å²) in [6.45, 7) is 1.85. The van der Waals surface area contributed by atoms with Crippen LogP contribution >= 0.6 is 15.9 Å². The Morgan fingerprint density at radius 3 is 3.00 bits per heavy atom. The number of nitrogens with one attached hydrogen (secondary N) is 1. The van der Waals surface area contributed by atoms with Crippen LogP contribution in [0.25, 0.3) is 0 Å². The first kappa shape index (κ1) is 11.1. The molecule has 0 radical (unpaired) electrons. The lowest BCUT2D eigenvalue weighted by Gasteiger charge is -2.06. The molecule has 0 aliphatic rings. The number of aliphatic hydroxyl groups excluding tert-OH is 1. The van der Waals surface area contributed by atoms with Gasteiger partial charge in [-0.15, -0.1) is 0 Å². The SMILES string of the molecule is CC(O)CNC(=O)c1cncc(Br)c1. The summed E-state index contributed by atoms with van der Waals surface area (Å²) < 4.78 is 0.752. The fraction of sp³-hybridized carbons (Fsp3) is 0.333. The Morgan fingerprint density at radius 2 is 2.43 bits per heavy atom. The zero-order valence-electron chi connectivity index (χ0n) is 7.70. The van der Waals surface area contributed by atoms with Gasteiger partial charge in [-0.2, -0.15) is 0 Å². The van der Waals surface area contributed by atoms with Gasteiger partial charge in [0.2, 0.25) is 0 Å². The largest absolute Gasteiger partial charge is 0.392 e.